The number of carbonyl (C=O) groups is 2. The highest BCUT2D eigenvalue weighted by Crippen LogP contribution is 2.22. The molecule has 2 amide bonds. The Kier molecular flexibility index (Phi) is 7.23. The summed E-state index contributed by atoms with van der Waals surface area (Å²) in [5.74, 6) is -0.375. The minimum absolute atomic E-state index is 0.0317. The van der Waals surface area contributed by atoms with E-state index in [0.29, 0.717) is 29.9 Å². The molecule has 0 spiro atoms. The van der Waals surface area contributed by atoms with Crippen LogP contribution in [-0.4, -0.2) is 44.3 Å². The van der Waals surface area contributed by atoms with E-state index in [2.05, 4.69) is 10.0 Å². The first-order valence-electron chi connectivity index (χ1n) is 10.9. The van der Waals surface area contributed by atoms with Crippen molar-refractivity contribution in [2.24, 2.45) is 5.92 Å². The number of benzene rings is 2. The van der Waals surface area contributed by atoms with Gasteiger partial charge in [-0.05, 0) is 56.5 Å². The normalized spacial score (nSPS) is 16.7. The summed E-state index contributed by atoms with van der Waals surface area (Å²) in [4.78, 5) is 27.0. The molecule has 0 radical (unpaired) electrons. The van der Waals surface area contributed by atoms with Crippen molar-refractivity contribution in [2.75, 3.05) is 17.8 Å². The summed E-state index contributed by atoms with van der Waals surface area (Å²) in [7, 11) is -3.84. The summed E-state index contributed by atoms with van der Waals surface area (Å²) in [6, 6.07) is 11.5. The van der Waals surface area contributed by atoms with Crippen LogP contribution in [0.5, 0.6) is 0 Å². The van der Waals surface area contributed by atoms with Gasteiger partial charge < -0.3 is 10.2 Å². The molecule has 3 rings (SSSR count). The molecule has 1 atom stereocenters. The fourth-order valence-electron chi connectivity index (χ4n) is 3.65. The van der Waals surface area contributed by atoms with Gasteiger partial charge in [0.15, 0.2) is 0 Å². The third-order valence-corrected chi connectivity index (χ3v) is 7.01. The summed E-state index contributed by atoms with van der Waals surface area (Å²) < 4.78 is 28.4. The van der Waals surface area contributed by atoms with E-state index in [1.54, 1.807) is 30.0 Å². The molecule has 32 heavy (non-hydrogen) atoms. The minimum Gasteiger partial charge on any atom is -0.351 e. The SMILES string of the molecule is Cc1ccc(NS(=O)(=O)c2ccc(C)c(C(=O)N3CCCC(NC(=O)C(C)C)C3)c2)cc1. The van der Waals surface area contributed by atoms with Crippen LogP contribution in [0.3, 0.4) is 0 Å². The first-order valence-corrected chi connectivity index (χ1v) is 12.3. The van der Waals surface area contributed by atoms with Crippen LogP contribution in [0.15, 0.2) is 47.4 Å². The Morgan fingerprint density at radius 3 is 2.41 bits per heavy atom. The average Bonchev–Trinajstić information content (AvgIpc) is 2.75. The predicted molar refractivity (Wildman–Crippen MR) is 125 cm³/mol. The lowest BCUT2D eigenvalue weighted by atomic mass is 10.0. The number of rotatable bonds is 6. The van der Waals surface area contributed by atoms with Gasteiger partial charge in [0.05, 0.1) is 4.90 Å². The second-order valence-corrected chi connectivity index (χ2v) is 10.4. The van der Waals surface area contributed by atoms with E-state index in [4.69, 9.17) is 0 Å². The third-order valence-electron chi connectivity index (χ3n) is 5.63. The lowest BCUT2D eigenvalue weighted by Gasteiger charge is -2.34. The minimum atomic E-state index is -3.84. The Bertz CT molecular complexity index is 1090. The zero-order chi connectivity index (χ0) is 23.5. The van der Waals surface area contributed by atoms with Crippen molar-refractivity contribution in [3.8, 4) is 0 Å². The van der Waals surface area contributed by atoms with E-state index < -0.39 is 10.0 Å². The molecule has 0 saturated carbocycles. The zero-order valence-electron chi connectivity index (χ0n) is 19.0. The molecule has 172 valence electrons. The van der Waals surface area contributed by atoms with Gasteiger partial charge in [-0.15, -0.1) is 0 Å². The van der Waals surface area contributed by atoms with Crippen LogP contribution in [0.1, 0.15) is 48.2 Å². The number of hydrogen-bond donors (Lipinski definition) is 2. The highest BCUT2D eigenvalue weighted by Gasteiger charge is 2.28. The number of piperidine rings is 1. The lowest BCUT2D eigenvalue weighted by Crippen LogP contribution is -2.50. The summed E-state index contributed by atoms with van der Waals surface area (Å²) in [5, 5.41) is 3.00. The smallest absolute Gasteiger partial charge is 0.261 e. The Labute approximate surface area is 190 Å². The number of anilines is 1. The van der Waals surface area contributed by atoms with Gasteiger partial charge in [-0.3, -0.25) is 14.3 Å². The number of sulfonamides is 1. The van der Waals surface area contributed by atoms with Gasteiger partial charge >= 0.3 is 0 Å². The van der Waals surface area contributed by atoms with Gasteiger partial charge in [-0.25, -0.2) is 8.42 Å². The zero-order valence-corrected chi connectivity index (χ0v) is 19.8. The quantitative estimate of drug-likeness (QED) is 0.694. The van der Waals surface area contributed by atoms with E-state index >= 15 is 0 Å². The van der Waals surface area contributed by atoms with Crippen molar-refractivity contribution in [2.45, 2.75) is 51.5 Å². The molecule has 7 nitrogen and oxygen atoms in total. The molecule has 2 N–H and O–H groups in total. The molecule has 8 heteroatoms. The molecule has 2 aromatic carbocycles. The fraction of sp³-hybridized carbons (Fsp3) is 0.417. The van der Waals surface area contributed by atoms with Gasteiger partial charge in [0.25, 0.3) is 15.9 Å². The van der Waals surface area contributed by atoms with Gasteiger partial charge in [0, 0.05) is 36.3 Å². The summed E-state index contributed by atoms with van der Waals surface area (Å²) >= 11 is 0. The number of hydrogen-bond acceptors (Lipinski definition) is 4. The van der Waals surface area contributed by atoms with E-state index in [-0.39, 0.29) is 28.7 Å². The van der Waals surface area contributed by atoms with Gasteiger partial charge in [0.1, 0.15) is 0 Å². The number of nitrogens with zero attached hydrogens (tertiary/aromatic N) is 1. The Morgan fingerprint density at radius 1 is 1.06 bits per heavy atom. The molecular weight excluding hydrogens is 426 g/mol. The summed E-state index contributed by atoms with van der Waals surface area (Å²) in [6.07, 6.45) is 1.59. The fourth-order valence-corrected chi connectivity index (χ4v) is 4.74. The van der Waals surface area contributed by atoms with Crippen LogP contribution in [0.4, 0.5) is 5.69 Å². The molecular formula is C24H31N3O4S. The Hall–Kier alpha value is -2.87. The molecule has 1 aliphatic heterocycles. The molecule has 1 heterocycles. The molecule has 1 saturated heterocycles. The second kappa shape index (κ2) is 9.73. The van der Waals surface area contributed by atoms with Gasteiger partial charge in [-0.2, -0.15) is 0 Å². The molecule has 1 unspecified atom stereocenters. The highest BCUT2D eigenvalue weighted by molar-refractivity contribution is 7.92. The summed E-state index contributed by atoms with van der Waals surface area (Å²) in [6.45, 7) is 8.37. The van der Waals surface area contributed by atoms with Crippen LogP contribution in [0.2, 0.25) is 0 Å². The van der Waals surface area contributed by atoms with Crippen LogP contribution >= 0.6 is 0 Å². The Balaban J connectivity index is 1.79. The van der Waals surface area contributed by atoms with Crippen LogP contribution in [-0.2, 0) is 14.8 Å². The van der Waals surface area contributed by atoms with E-state index in [1.807, 2.05) is 32.9 Å². The van der Waals surface area contributed by atoms with E-state index in [0.717, 1.165) is 18.4 Å². The van der Waals surface area contributed by atoms with Crippen LogP contribution < -0.4 is 10.0 Å². The maximum absolute atomic E-state index is 13.3. The molecule has 2 aromatic rings. The van der Waals surface area contributed by atoms with Crippen LogP contribution in [0.25, 0.3) is 0 Å². The van der Waals surface area contributed by atoms with Gasteiger partial charge in [0.2, 0.25) is 5.91 Å². The average molecular weight is 458 g/mol. The topological polar surface area (TPSA) is 95.6 Å². The number of carbonyl (C=O) groups excluding carboxylic acids is 2. The standard InChI is InChI=1S/C24H31N3O4S/c1-16(2)23(28)25-20-6-5-13-27(15-20)24(29)22-14-21(12-9-18(22)4)32(30,31)26-19-10-7-17(3)8-11-19/h7-12,14,16,20,26H,5-6,13,15H2,1-4H3,(H,25,28). The number of likely N-dealkylation sites (tertiary alicyclic amines) is 1. The van der Waals surface area contributed by atoms with Crippen molar-refractivity contribution in [3.05, 3.63) is 59.2 Å². The maximum Gasteiger partial charge on any atom is 0.261 e. The Morgan fingerprint density at radius 2 is 1.75 bits per heavy atom. The van der Waals surface area contributed by atoms with Crippen molar-refractivity contribution >= 4 is 27.5 Å². The number of amides is 2. The summed E-state index contributed by atoms with van der Waals surface area (Å²) in [5.41, 5.74) is 2.55. The molecule has 1 aliphatic rings. The molecule has 0 aliphatic carbocycles. The predicted octanol–water partition coefficient (Wildman–Crippen LogP) is 3.48. The highest BCUT2D eigenvalue weighted by atomic mass is 32.2. The monoisotopic (exact) mass is 457 g/mol. The molecule has 0 bridgehead atoms. The van der Waals surface area contributed by atoms with Crippen molar-refractivity contribution in [3.63, 3.8) is 0 Å². The van der Waals surface area contributed by atoms with Gasteiger partial charge in [-0.1, -0.05) is 37.6 Å². The first kappa shape index (κ1) is 23.8. The van der Waals surface area contributed by atoms with Crippen molar-refractivity contribution in [1.29, 1.82) is 0 Å². The number of aryl methyl sites for hydroxylation is 2. The number of nitrogens with one attached hydrogen (secondary N) is 2. The first-order chi connectivity index (χ1) is 15.1. The third kappa shape index (κ3) is 5.68. The van der Waals surface area contributed by atoms with E-state index in [1.165, 1.54) is 12.1 Å². The van der Waals surface area contributed by atoms with Crippen molar-refractivity contribution < 1.29 is 18.0 Å². The second-order valence-electron chi connectivity index (χ2n) is 8.70. The van der Waals surface area contributed by atoms with Crippen LogP contribution in [0, 0.1) is 19.8 Å². The lowest BCUT2D eigenvalue weighted by molar-refractivity contribution is -0.125. The molecule has 1 fully saturated rings. The van der Waals surface area contributed by atoms with Crippen molar-refractivity contribution in [1.82, 2.24) is 10.2 Å². The molecule has 0 aromatic heterocycles. The van der Waals surface area contributed by atoms with E-state index in [9.17, 15) is 18.0 Å². The largest absolute Gasteiger partial charge is 0.351 e. The maximum atomic E-state index is 13.3.